The molecule has 1 saturated carbocycles. The molecule has 0 spiro atoms. The average molecular weight is 229 g/mol. The van der Waals surface area contributed by atoms with E-state index in [0.29, 0.717) is 10.5 Å². The molecule has 0 atom stereocenters. The van der Waals surface area contributed by atoms with Gasteiger partial charge in [-0.25, -0.2) is 8.78 Å². The van der Waals surface area contributed by atoms with E-state index in [1.54, 1.807) is 6.26 Å². The van der Waals surface area contributed by atoms with Crippen LogP contribution in [0.3, 0.4) is 0 Å². The summed E-state index contributed by atoms with van der Waals surface area (Å²) in [7, 11) is 0. The number of rotatable bonds is 2. The highest BCUT2D eigenvalue weighted by atomic mass is 32.2. The van der Waals surface area contributed by atoms with Crippen molar-refractivity contribution in [3.8, 4) is 0 Å². The lowest BCUT2D eigenvalue weighted by atomic mass is 9.72. The van der Waals surface area contributed by atoms with Crippen molar-refractivity contribution in [2.75, 3.05) is 6.26 Å². The first-order valence-electron chi connectivity index (χ1n) is 4.89. The summed E-state index contributed by atoms with van der Waals surface area (Å²) in [5.74, 6) is -0.765. The first kappa shape index (κ1) is 10.9. The lowest BCUT2D eigenvalue weighted by molar-refractivity contribution is 0.243. The van der Waals surface area contributed by atoms with Crippen molar-refractivity contribution >= 4 is 11.8 Å². The van der Waals surface area contributed by atoms with E-state index in [1.807, 2.05) is 0 Å². The molecule has 0 saturated heterocycles. The van der Waals surface area contributed by atoms with Crippen molar-refractivity contribution in [2.24, 2.45) is 5.73 Å². The van der Waals surface area contributed by atoms with Gasteiger partial charge >= 0.3 is 0 Å². The third kappa shape index (κ3) is 1.76. The average Bonchev–Trinajstić information content (AvgIpc) is 2.17. The molecule has 15 heavy (non-hydrogen) atoms. The first-order chi connectivity index (χ1) is 7.07. The fourth-order valence-corrected chi connectivity index (χ4v) is 2.37. The van der Waals surface area contributed by atoms with Gasteiger partial charge in [-0.3, -0.25) is 0 Å². The monoisotopic (exact) mass is 229 g/mol. The summed E-state index contributed by atoms with van der Waals surface area (Å²) in [5.41, 5.74) is 5.66. The molecule has 1 aliphatic rings. The van der Waals surface area contributed by atoms with Crippen LogP contribution in [0.4, 0.5) is 8.78 Å². The second-order valence-electron chi connectivity index (χ2n) is 3.98. The van der Waals surface area contributed by atoms with Crippen LogP contribution in [0.2, 0.25) is 0 Å². The van der Waals surface area contributed by atoms with Crippen LogP contribution in [0.25, 0.3) is 0 Å². The Morgan fingerprint density at radius 3 is 2.40 bits per heavy atom. The van der Waals surface area contributed by atoms with Crippen LogP contribution >= 0.6 is 11.8 Å². The van der Waals surface area contributed by atoms with Gasteiger partial charge in [-0.1, -0.05) is 0 Å². The maximum Gasteiger partial charge on any atom is 0.137 e. The minimum atomic E-state index is -0.637. The highest BCUT2D eigenvalue weighted by molar-refractivity contribution is 7.98. The molecule has 4 heteroatoms. The van der Waals surface area contributed by atoms with Gasteiger partial charge in [0.25, 0.3) is 0 Å². The predicted octanol–water partition coefficient (Wildman–Crippen LogP) is 3.02. The summed E-state index contributed by atoms with van der Waals surface area (Å²) >= 11 is 1.20. The minimum absolute atomic E-state index is 0.323. The molecule has 0 unspecified atom stereocenters. The Morgan fingerprint density at radius 2 is 1.93 bits per heavy atom. The molecule has 0 heterocycles. The van der Waals surface area contributed by atoms with E-state index in [1.165, 1.54) is 23.9 Å². The maximum absolute atomic E-state index is 13.7. The van der Waals surface area contributed by atoms with Crippen molar-refractivity contribution in [3.63, 3.8) is 0 Å². The van der Waals surface area contributed by atoms with Gasteiger partial charge in [0.1, 0.15) is 11.6 Å². The molecule has 1 nitrogen and oxygen atoms in total. The molecule has 1 fully saturated rings. The molecule has 1 aromatic rings. The van der Waals surface area contributed by atoms with Crippen LogP contribution in [-0.2, 0) is 5.54 Å². The topological polar surface area (TPSA) is 26.0 Å². The van der Waals surface area contributed by atoms with Crippen molar-refractivity contribution < 1.29 is 8.78 Å². The van der Waals surface area contributed by atoms with Gasteiger partial charge in [0.05, 0.1) is 0 Å². The Kier molecular flexibility index (Phi) is 2.73. The van der Waals surface area contributed by atoms with Crippen molar-refractivity contribution in [1.82, 2.24) is 0 Å². The smallest absolute Gasteiger partial charge is 0.137 e. The Labute approximate surface area is 92.0 Å². The normalized spacial score (nSPS) is 18.7. The van der Waals surface area contributed by atoms with E-state index in [2.05, 4.69) is 0 Å². The molecular formula is C11H13F2NS. The van der Waals surface area contributed by atoms with Crippen molar-refractivity contribution in [1.29, 1.82) is 0 Å². The standard InChI is InChI=1S/C11H13F2NS/c1-15-10-6-8(12)7(5-9(10)13)11(14)3-2-4-11/h5-6H,2-4,14H2,1H3. The number of nitrogens with two attached hydrogens (primary N) is 1. The van der Waals surface area contributed by atoms with E-state index in [9.17, 15) is 8.78 Å². The summed E-state index contributed by atoms with van der Waals surface area (Å²) in [6.45, 7) is 0. The summed E-state index contributed by atoms with van der Waals surface area (Å²) in [6.07, 6.45) is 4.19. The third-order valence-electron chi connectivity index (χ3n) is 3.02. The molecule has 1 aromatic carbocycles. The largest absolute Gasteiger partial charge is 0.321 e. The van der Waals surface area contributed by atoms with Crippen LogP contribution in [0.5, 0.6) is 0 Å². The molecule has 2 N–H and O–H groups in total. The van der Waals surface area contributed by atoms with Gasteiger partial charge < -0.3 is 5.73 Å². The molecule has 82 valence electrons. The Hall–Kier alpha value is -0.610. The molecule has 0 radical (unpaired) electrons. The number of hydrogen-bond acceptors (Lipinski definition) is 2. The molecular weight excluding hydrogens is 216 g/mol. The molecule has 1 aliphatic carbocycles. The number of thioether (sulfide) groups is 1. The second-order valence-corrected chi connectivity index (χ2v) is 4.82. The molecule has 0 aliphatic heterocycles. The zero-order valence-corrected chi connectivity index (χ0v) is 9.33. The molecule has 0 aromatic heterocycles. The van der Waals surface area contributed by atoms with Crippen LogP contribution in [0.15, 0.2) is 17.0 Å². The van der Waals surface area contributed by atoms with Gasteiger partial charge in [-0.15, -0.1) is 11.8 Å². The highest BCUT2D eigenvalue weighted by Crippen LogP contribution is 2.41. The Morgan fingerprint density at radius 1 is 1.27 bits per heavy atom. The van der Waals surface area contributed by atoms with Crippen molar-refractivity contribution in [2.45, 2.75) is 29.7 Å². The fraction of sp³-hybridized carbons (Fsp3) is 0.455. The van der Waals surface area contributed by atoms with Gasteiger partial charge in [0.2, 0.25) is 0 Å². The zero-order valence-electron chi connectivity index (χ0n) is 8.52. The summed E-state index contributed by atoms with van der Waals surface area (Å²) in [4.78, 5) is 0.333. The second kappa shape index (κ2) is 3.76. The van der Waals surface area contributed by atoms with Crippen LogP contribution in [0, 0.1) is 11.6 Å². The van der Waals surface area contributed by atoms with E-state index in [0.717, 1.165) is 19.3 Å². The fourth-order valence-electron chi connectivity index (χ4n) is 1.89. The van der Waals surface area contributed by atoms with E-state index < -0.39 is 5.54 Å². The lowest BCUT2D eigenvalue weighted by Crippen LogP contribution is -2.44. The van der Waals surface area contributed by atoms with Crippen molar-refractivity contribution in [3.05, 3.63) is 29.3 Å². The number of benzene rings is 1. The van der Waals surface area contributed by atoms with Crippen LogP contribution < -0.4 is 5.73 Å². The molecule has 0 amide bonds. The lowest BCUT2D eigenvalue weighted by Gasteiger charge is -2.38. The maximum atomic E-state index is 13.7. The third-order valence-corrected chi connectivity index (χ3v) is 3.78. The Bertz CT molecular complexity index is 388. The van der Waals surface area contributed by atoms with E-state index in [-0.39, 0.29) is 11.6 Å². The molecule has 2 rings (SSSR count). The number of halogens is 2. The van der Waals surface area contributed by atoms with E-state index >= 15 is 0 Å². The van der Waals surface area contributed by atoms with Crippen LogP contribution in [-0.4, -0.2) is 6.26 Å². The summed E-state index contributed by atoms with van der Waals surface area (Å²) in [6, 6.07) is 2.49. The minimum Gasteiger partial charge on any atom is -0.321 e. The quantitative estimate of drug-likeness (QED) is 0.789. The van der Waals surface area contributed by atoms with E-state index in [4.69, 9.17) is 5.73 Å². The van der Waals surface area contributed by atoms with Gasteiger partial charge in [-0.2, -0.15) is 0 Å². The number of hydrogen-bond donors (Lipinski definition) is 1. The van der Waals surface area contributed by atoms with Gasteiger partial charge in [-0.05, 0) is 37.7 Å². The summed E-state index contributed by atoms with van der Waals surface area (Å²) < 4.78 is 27.2. The van der Waals surface area contributed by atoms with Gasteiger partial charge in [0.15, 0.2) is 0 Å². The SMILES string of the molecule is CSc1cc(F)c(C2(N)CCC2)cc1F. The highest BCUT2D eigenvalue weighted by Gasteiger charge is 2.37. The van der Waals surface area contributed by atoms with Gasteiger partial charge in [0, 0.05) is 16.0 Å². The summed E-state index contributed by atoms with van der Waals surface area (Å²) in [5, 5.41) is 0. The zero-order chi connectivity index (χ0) is 11.1. The van der Waals surface area contributed by atoms with Crippen LogP contribution in [0.1, 0.15) is 24.8 Å². The molecule has 0 bridgehead atoms. The first-order valence-corrected chi connectivity index (χ1v) is 6.12. The Balaban J connectivity index is 2.45. The predicted molar refractivity (Wildman–Crippen MR) is 57.9 cm³/mol.